The number of halogens is 5. The van der Waals surface area contributed by atoms with E-state index in [-0.39, 0.29) is 28.4 Å². The summed E-state index contributed by atoms with van der Waals surface area (Å²) in [5, 5.41) is 4.12. The van der Waals surface area contributed by atoms with Gasteiger partial charge in [-0.15, -0.1) is 0 Å². The van der Waals surface area contributed by atoms with Crippen LogP contribution in [0.5, 0.6) is 0 Å². The van der Waals surface area contributed by atoms with Crippen molar-refractivity contribution in [2.75, 3.05) is 4.90 Å². The summed E-state index contributed by atoms with van der Waals surface area (Å²) in [6, 6.07) is 15.4. The number of carbonyl (C=O) groups excluding carboxylic acids is 2. The summed E-state index contributed by atoms with van der Waals surface area (Å²) in [6.45, 7) is -0.129. The normalized spacial score (nSPS) is 14.5. The van der Waals surface area contributed by atoms with Crippen LogP contribution in [-0.2, 0) is 22.4 Å². The van der Waals surface area contributed by atoms with Crippen LogP contribution < -0.4 is 4.90 Å². The Labute approximate surface area is 196 Å². The monoisotopic (exact) mass is 492 g/mol. The molecule has 0 N–H and O–H groups in total. The number of nitrogens with zero attached hydrogens (tertiary/aromatic N) is 2. The molecule has 0 aromatic heterocycles. The lowest BCUT2D eigenvalue weighted by Crippen LogP contribution is -2.30. The lowest BCUT2D eigenvalue weighted by Gasteiger charge is -2.17. The summed E-state index contributed by atoms with van der Waals surface area (Å²) in [5.41, 5.74) is 0.117. The molecule has 5 nitrogen and oxygen atoms in total. The smallest absolute Gasteiger partial charge is 0.312 e. The highest BCUT2D eigenvalue weighted by molar-refractivity contribution is 6.54. The van der Waals surface area contributed by atoms with Crippen LogP contribution in [0.15, 0.2) is 71.9 Å². The van der Waals surface area contributed by atoms with Crippen molar-refractivity contribution < 1.29 is 27.6 Å². The van der Waals surface area contributed by atoms with E-state index in [1.165, 1.54) is 35.2 Å². The van der Waals surface area contributed by atoms with Crippen molar-refractivity contribution in [2.24, 2.45) is 5.16 Å². The summed E-state index contributed by atoms with van der Waals surface area (Å²) in [7, 11) is 0. The summed E-state index contributed by atoms with van der Waals surface area (Å²) in [4.78, 5) is 31.6. The van der Waals surface area contributed by atoms with Gasteiger partial charge in [0, 0.05) is 10.6 Å². The maximum Gasteiger partial charge on any atom is 0.416 e. The van der Waals surface area contributed by atoms with Crippen LogP contribution in [0.4, 0.5) is 18.9 Å². The SMILES string of the molecule is O=C(ON=C1C(=O)N(Cc2cccc(C(F)(F)F)c2)c2ccccc21)c1ccc(Cl)cc1Cl. The van der Waals surface area contributed by atoms with Crippen LogP contribution in [0, 0.1) is 0 Å². The van der Waals surface area contributed by atoms with Gasteiger partial charge in [-0.2, -0.15) is 13.2 Å². The molecule has 0 fully saturated rings. The van der Waals surface area contributed by atoms with E-state index in [0.29, 0.717) is 16.3 Å². The van der Waals surface area contributed by atoms with Crippen molar-refractivity contribution in [1.82, 2.24) is 0 Å². The van der Waals surface area contributed by atoms with Gasteiger partial charge in [0.1, 0.15) is 0 Å². The van der Waals surface area contributed by atoms with Gasteiger partial charge in [0.25, 0.3) is 5.91 Å². The van der Waals surface area contributed by atoms with E-state index < -0.39 is 23.6 Å². The summed E-state index contributed by atoms with van der Waals surface area (Å²) in [5.74, 6) is -1.52. The van der Waals surface area contributed by atoms with Crippen molar-refractivity contribution in [2.45, 2.75) is 12.7 Å². The molecule has 0 saturated heterocycles. The minimum Gasteiger partial charge on any atom is -0.312 e. The Balaban J connectivity index is 1.61. The number of amides is 1. The largest absolute Gasteiger partial charge is 0.416 e. The van der Waals surface area contributed by atoms with Crippen molar-refractivity contribution in [3.8, 4) is 0 Å². The van der Waals surface area contributed by atoms with Crippen LogP contribution in [0.1, 0.15) is 27.0 Å². The van der Waals surface area contributed by atoms with Crippen LogP contribution in [0.25, 0.3) is 0 Å². The predicted molar refractivity (Wildman–Crippen MR) is 117 cm³/mol. The van der Waals surface area contributed by atoms with Crippen molar-refractivity contribution in [3.05, 3.63) is 99.0 Å². The molecule has 1 aliphatic rings. The number of hydrogen-bond acceptors (Lipinski definition) is 4. The molecule has 3 aromatic rings. The zero-order valence-corrected chi connectivity index (χ0v) is 18.1. The summed E-state index contributed by atoms with van der Waals surface area (Å²) >= 11 is 11.8. The third kappa shape index (κ3) is 4.72. The van der Waals surface area contributed by atoms with Gasteiger partial charge in [0.15, 0.2) is 5.71 Å². The summed E-state index contributed by atoms with van der Waals surface area (Å²) in [6.07, 6.45) is -4.51. The molecular weight excluding hydrogens is 480 g/mol. The second kappa shape index (κ2) is 8.88. The van der Waals surface area contributed by atoms with Gasteiger partial charge in [-0.1, -0.05) is 58.7 Å². The Morgan fingerprint density at radius 1 is 1.00 bits per heavy atom. The van der Waals surface area contributed by atoms with Crippen LogP contribution >= 0.6 is 23.2 Å². The van der Waals surface area contributed by atoms with E-state index in [1.807, 2.05) is 0 Å². The van der Waals surface area contributed by atoms with Gasteiger partial charge in [-0.05, 0) is 42.0 Å². The first-order valence-corrected chi connectivity index (χ1v) is 10.2. The van der Waals surface area contributed by atoms with E-state index in [2.05, 4.69) is 5.16 Å². The number of anilines is 1. The van der Waals surface area contributed by atoms with E-state index in [4.69, 9.17) is 28.0 Å². The fourth-order valence-electron chi connectivity index (χ4n) is 3.33. The second-order valence-corrected chi connectivity index (χ2v) is 7.89. The van der Waals surface area contributed by atoms with Gasteiger partial charge >= 0.3 is 12.1 Å². The minimum atomic E-state index is -4.51. The number of carbonyl (C=O) groups is 2. The van der Waals surface area contributed by atoms with E-state index >= 15 is 0 Å². The van der Waals surface area contributed by atoms with Gasteiger partial charge in [-0.25, -0.2) is 4.79 Å². The number of hydrogen-bond donors (Lipinski definition) is 0. The highest BCUT2D eigenvalue weighted by atomic mass is 35.5. The topological polar surface area (TPSA) is 59.0 Å². The number of alkyl halides is 3. The fourth-order valence-corrected chi connectivity index (χ4v) is 3.81. The van der Waals surface area contributed by atoms with E-state index in [0.717, 1.165) is 12.1 Å². The molecule has 1 heterocycles. The quantitative estimate of drug-likeness (QED) is 0.325. The van der Waals surface area contributed by atoms with Gasteiger partial charge in [-0.3, -0.25) is 4.79 Å². The van der Waals surface area contributed by atoms with Crippen LogP contribution in [-0.4, -0.2) is 17.6 Å². The van der Waals surface area contributed by atoms with Crippen molar-refractivity contribution >= 4 is 46.5 Å². The lowest BCUT2D eigenvalue weighted by atomic mass is 10.1. The Hall–Kier alpha value is -3.36. The van der Waals surface area contributed by atoms with Gasteiger partial charge in [0.05, 0.1) is 28.4 Å². The zero-order chi connectivity index (χ0) is 23.8. The highest BCUT2D eigenvalue weighted by Gasteiger charge is 2.36. The molecule has 0 saturated carbocycles. The molecule has 0 unspecified atom stereocenters. The zero-order valence-electron chi connectivity index (χ0n) is 16.6. The molecule has 1 aliphatic heterocycles. The Morgan fingerprint density at radius 3 is 2.48 bits per heavy atom. The predicted octanol–water partition coefficient (Wildman–Crippen LogP) is 6.12. The van der Waals surface area contributed by atoms with Crippen molar-refractivity contribution in [1.29, 1.82) is 0 Å². The molecule has 1 amide bonds. The molecule has 0 radical (unpaired) electrons. The van der Waals surface area contributed by atoms with Crippen LogP contribution in [0.2, 0.25) is 10.0 Å². The fraction of sp³-hybridized carbons (Fsp3) is 0.0870. The average Bonchev–Trinajstić information content (AvgIpc) is 3.03. The Kier molecular flexibility index (Phi) is 6.14. The number of fused-ring (bicyclic) bond motifs is 1. The molecule has 0 spiro atoms. The lowest BCUT2D eigenvalue weighted by molar-refractivity contribution is -0.137. The molecule has 3 aromatic carbocycles. The Bertz CT molecular complexity index is 1290. The highest BCUT2D eigenvalue weighted by Crippen LogP contribution is 2.33. The molecule has 0 aliphatic carbocycles. The van der Waals surface area contributed by atoms with Crippen LogP contribution in [0.3, 0.4) is 0 Å². The summed E-state index contributed by atoms with van der Waals surface area (Å²) < 4.78 is 39.2. The maximum absolute atomic E-state index is 13.1. The molecule has 10 heteroatoms. The number of para-hydroxylation sites is 1. The molecule has 4 rings (SSSR count). The number of oxime groups is 1. The molecule has 33 heavy (non-hydrogen) atoms. The second-order valence-electron chi connectivity index (χ2n) is 7.05. The van der Waals surface area contributed by atoms with E-state index in [1.54, 1.807) is 24.3 Å². The van der Waals surface area contributed by atoms with E-state index in [9.17, 15) is 22.8 Å². The standard InChI is InChI=1S/C23H13Cl2F3N2O3/c24-15-8-9-16(18(25)11-15)22(32)33-29-20-17-6-1-2-7-19(17)30(21(20)31)12-13-4-3-5-14(10-13)23(26,27)28/h1-11H,12H2. The molecular formula is C23H13Cl2F3N2O3. The molecule has 0 atom stereocenters. The first kappa shape index (κ1) is 22.8. The molecule has 0 bridgehead atoms. The first-order chi connectivity index (χ1) is 15.6. The molecule has 168 valence electrons. The third-order valence-electron chi connectivity index (χ3n) is 4.86. The van der Waals surface area contributed by atoms with Crippen molar-refractivity contribution in [3.63, 3.8) is 0 Å². The number of rotatable bonds is 4. The minimum absolute atomic E-state index is 0.00460. The third-order valence-corrected chi connectivity index (χ3v) is 5.41. The average molecular weight is 493 g/mol. The van der Waals surface area contributed by atoms with Gasteiger partial charge < -0.3 is 9.74 Å². The number of benzene rings is 3. The maximum atomic E-state index is 13.1. The van der Waals surface area contributed by atoms with Gasteiger partial charge in [0.2, 0.25) is 0 Å². The first-order valence-electron chi connectivity index (χ1n) is 9.47. The Morgan fingerprint density at radius 2 is 1.76 bits per heavy atom.